The molecule has 0 aliphatic heterocycles. The lowest BCUT2D eigenvalue weighted by molar-refractivity contribution is 0.0927. The highest BCUT2D eigenvalue weighted by atomic mass is 35.5. The highest BCUT2D eigenvalue weighted by molar-refractivity contribution is 7.89. The molecule has 2 N–H and O–H groups in total. The van der Waals surface area contributed by atoms with Gasteiger partial charge in [0.1, 0.15) is 0 Å². The number of carbonyl (C=O) groups is 1. The number of carbonyl (C=O) groups excluding carboxylic acids is 1. The van der Waals surface area contributed by atoms with E-state index in [2.05, 4.69) is 10.0 Å². The molecule has 1 fully saturated rings. The van der Waals surface area contributed by atoms with Crippen LogP contribution in [0.15, 0.2) is 41.3 Å². The van der Waals surface area contributed by atoms with Crippen LogP contribution in [-0.2, 0) is 16.6 Å². The fourth-order valence-corrected chi connectivity index (χ4v) is 4.95. The summed E-state index contributed by atoms with van der Waals surface area (Å²) < 4.78 is 28.0. The summed E-state index contributed by atoms with van der Waals surface area (Å²) in [6.45, 7) is 1.82. The summed E-state index contributed by atoms with van der Waals surface area (Å²) >= 11 is 12.0. The first-order valence-corrected chi connectivity index (χ1v) is 11.9. The minimum Gasteiger partial charge on any atom is -0.349 e. The molecule has 1 amide bonds. The van der Waals surface area contributed by atoms with Gasteiger partial charge in [-0.1, -0.05) is 54.6 Å². The summed E-state index contributed by atoms with van der Waals surface area (Å²) in [5.41, 5.74) is 1.72. The molecule has 0 atom stereocenters. The fourth-order valence-electron chi connectivity index (χ4n) is 3.44. The molecule has 3 rings (SSSR count). The molecule has 0 heterocycles. The van der Waals surface area contributed by atoms with Crippen molar-refractivity contribution >= 4 is 39.1 Å². The lowest BCUT2D eigenvalue weighted by atomic mass is 9.95. The van der Waals surface area contributed by atoms with Gasteiger partial charge in [-0.05, 0) is 55.2 Å². The molecule has 2 aromatic carbocycles. The van der Waals surface area contributed by atoms with Crippen LogP contribution in [0, 0.1) is 6.92 Å². The van der Waals surface area contributed by atoms with Crippen molar-refractivity contribution in [2.24, 2.45) is 0 Å². The lowest BCUT2D eigenvalue weighted by Crippen LogP contribution is -2.36. The van der Waals surface area contributed by atoms with E-state index in [1.807, 2.05) is 0 Å². The third kappa shape index (κ3) is 5.72. The van der Waals surface area contributed by atoms with Gasteiger partial charge in [0.2, 0.25) is 10.0 Å². The third-order valence-corrected chi connectivity index (χ3v) is 7.16. The Morgan fingerprint density at radius 3 is 2.48 bits per heavy atom. The highest BCUT2D eigenvalue weighted by Crippen LogP contribution is 2.23. The zero-order valence-electron chi connectivity index (χ0n) is 16.2. The van der Waals surface area contributed by atoms with Crippen LogP contribution < -0.4 is 10.0 Å². The first-order chi connectivity index (χ1) is 13.8. The molecular formula is C21H24Cl2N2O3S. The summed E-state index contributed by atoms with van der Waals surface area (Å²) in [4.78, 5) is 12.8. The van der Waals surface area contributed by atoms with Gasteiger partial charge < -0.3 is 5.32 Å². The van der Waals surface area contributed by atoms with Crippen LogP contribution in [0.4, 0.5) is 0 Å². The van der Waals surface area contributed by atoms with Gasteiger partial charge in [-0.2, -0.15) is 0 Å². The molecular weight excluding hydrogens is 431 g/mol. The van der Waals surface area contributed by atoms with Crippen molar-refractivity contribution in [2.45, 2.75) is 56.5 Å². The molecule has 2 aromatic rings. The Labute approximate surface area is 181 Å². The molecule has 5 nitrogen and oxygen atoms in total. The van der Waals surface area contributed by atoms with Crippen LogP contribution in [-0.4, -0.2) is 20.4 Å². The number of rotatable bonds is 6. The van der Waals surface area contributed by atoms with E-state index < -0.39 is 10.0 Å². The number of halogens is 2. The lowest BCUT2D eigenvalue weighted by Gasteiger charge is -2.23. The Hall–Kier alpha value is -1.60. The van der Waals surface area contributed by atoms with Crippen molar-refractivity contribution in [2.75, 3.05) is 0 Å². The van der Waals surface area contributed by atoms with Crippen molar-refractivity contribution in [1.29, 1.82) is 0 Å². The first kappa shape index (κ1) is 22.1. The monoisotopic (exact) mass is 454 g/mol. The second-order valence-corrected chi connectivity index (χ2v) is 9.96. The number of hydrogen-bond donors (Lipinski definition) is 2. The van der Waals surface area contributed by atoms with Crippen LogP contribution in [0.25, 0.3) is 0 Å². The van der Waals surface area contributed by atoms with E-state index in [1.54, 1.807) is 31.2 Å². The van der Waals surface area contributed by atoms with Crippen molar-refractivity contribution in [3.8, 4) is 0 Å². The molecule has 1 saturated carbocycles. The van der Waals surface area contributed by atoms with E-state index in [0.717, 1.165) is 31.2 Å². The average Bonchev–Trinajstić information content (AvgIpc) is 2.68. The SMILES string of the molecule is Cc1ccc(S(=O)(=O)NCc2ccc(Cl)cc2Cl)cc1C(=O)NC1CCCCC1. The zero-order chi connectivity index (χ0) is 21.0. The Balaban J connectivity index is 1.75. The molecule has 0 saturated heterocycles. The largest absolute Gasteiger partial charge is 0.349 e. The van der Waals surface area contributed by atoms with E-state index in [4.69, 9.17) is 23.2 Å². The average molecular weight is 455 g/mol. The fraction of sp³-hybridized carbons (Fsp3) is 0.381. The van der Waals surface area contributed by atoms with Gasteiger partial charge in [0.05, 0.1) is 4.90 Å². The summed E-state index contributed by atoms with van der Waals surface area (Å²) in [5, 5.41) is 3.91. The Morgan fingerprint density at radius 1 is 1.07 bits per heavy atom. The van der Waals surface area contributed by atoms with Gasteiger partial charge in [-0.25, -0.2) is 13.1 Å². The Morgan fingerprint density at radius 2 is 1.79 bits per heavy atom. The van der Waals surface area contributed by atoms with Gasteiger partial charge in [0, 0.05) is 28.2 Å². The predicted octanol–water partition coefficient (Wildman–Crippen LogP) is 4.84. The van der Waals surface area contributed by atoms with Crippen LogP contribution in [0.1, 0.15) is 53.6 Å². The number of hydrogen-bond acceptors (Lipinski definition) is 3. The molecule has 0 bridgehead atoms. The van der Waals surface area contributed by atoms with Crippen LogP contribution in [0.2, 0.25) is 10.0 Å². The molecule has 29 heavy (non-hydrogen) atoms. The Kier molecular flexibility index (Phi) is 7.22. The van der Waals surface area contributed by atoms with Crippen molar-refractivity contribution in [1.82, 2.24) is 10.0 Å². The van der Waals surface area contributed by atoms with Gasteiger partial charge in [0.15, 0.2) is 0 Å². The van der Waals surface area contributed by atoms with Crippen LogP contribution in [0.5, 0.6) is 0 Å². The van der Waals surface area contributed by atoms with Crippen molar-refractivity contribution in [3.63, 3.8) is 0 Å². The van der Waals surface area contributed by atoms with Gasteiger partial charge in [0.25, 0.3) is 5.91 Å². The van der Waals surface area contributed by atoms with Gasteiger partial charge in [-0.3, -0.25) is 4.79 Å². The second kappa shape index (κ2) is 9.47. The molecule has 1 aliphatic carbocycles. The minimum atomic E-state index is -3.81. The van der Waals surface area contributed by atoms with Crippen LogP contribution >= 0.6 is 23.2 Å². The number of aryl methyl sites for hydroxylation is 1. The number of nitrogens with one attached hydrogen (secondary N) is 2. The zero-order valence-corrected chi connectivity index (χ0v) is 18.5. The van der Waals surface area contributed by atoms with Gasteiger partial charge in [-0.15, -0.1) is 0 Å². The normalized spacial score (nSPS) is 15.3. The standard InChI is InChI=1S/C21H24Cl2N2O3S/c1-14-7-10-18(12-19(14)21(26)25-17-5-3-2-4-6-17)29(27,28)24-13-15-8-9-16(22)11-20(15)23/h7-12,17,24H,2-6,13H2,1H3,(H,25,26). The highest BCUT2D eigenvalue weighted by Gasteiger charge is 2.21. The van der Waals surface area contributed by atoms with E-state index in [1.165, 1.54) is 18.6 Å². The smallest absolute Gasteiger partial charge is 0.251 e. The molecule has 0 aromatic heterocycles. The summed E-state index contributed by atoms with van der Waals surface area (Å²) in [6.07, 6.45) is 5.34. The van der Waals surface area contributed by atoms with E-state index in [9.17, 15) is 13.2 Å². The summed E-state index contributed by atoms with van der Waals surface area (Å²) in [6, 6.07) is 9.62. The minimum absolute atomic E-state index is 0.0236. The molecule has 8 heteroatoms. The quantitative estimate of drug-likeness (QED) is 0.655. The Bertz CT molecular complexity index is 1000. The maximum atomic E-state index is 12.7. The predicted molar refractivity (Wildman–Crippen MR) is 116 cm³/mol. The van der Waals surface area contributed by atoms with Crippen molar-refractivity contribution in [3.05, 3.63) is 63.1 Å². The van der Waals surface area contributed by atoms with Crippen LogP contribution in [0.3, 0.4) is 0 Å². The van der Waals surface area contributed by atoms with E-state index in [0.29, 0.717) is 21.2 Å². The topological polar surface area (TPSA) is 75.3 Å². The number of amides is 1. The maximum absolute atomic E-state index is 12.7. The van der Waals surface area contributed by atoms with Gasteiger partial charge >= 0.3 is 0 Å². The number of benzene rings is 2. The molecule has 0 spiro atoms. The second-order valence-electron chi connectivity index (χ2n) is 7.35. The van der Waals surface area contributed by atoms with E-state index in [-0.39, 0.29) is 23.4 Å². The molecule has 0 unspecified atom stereocenters. The van der Waals surface area contributed by atoms with E-state index >= 15 is 0 Å². The summed E-state index contributed by atoms with van der Waals surface area (Å²) in [5.74, 6) is -0.229. The summed E-state index contributed by atoms with van der Waals surface area (Å²) in [7, 11) is -3.81. The molecule has 1 aliphatic rings. The molecule has 156 valence electrons. The number of sulfonamides is 1. The molecule has 0 radical (unpaired) electrons. The maximum Gasteiger partial charge on any atom is 0.251 e. The first-order valence-electron chi connectivity index (χ1n) is 9.61. The third-order valence-electron chi connectivity index (χ3n) is 5.17. The van der Waals surface area contributed by atoms with Crippen molar-refractivity contribution < 1.29 is 13.2 Å².